The van der Waals surface area contributed by atoms with E-state index in [2.05, 4.69) is 10.4 Å². The predicted octanol–water partition coefficient (Wildman–Crippen LogP) is 2.84. The van der Waals surface area contributed by atoms with Crippen LogP contribution in [0.25, 0.3) is 0 Å². The number of nitrogens with zero attached hydrogens (tertiary/aromatic N) is 3. The summed E-state index contributed by atoms with van der Waals surface area (Å²) in [6.45, 7) is 3.00. The van der Waals surface area contributed by atoms with Crippen LogP contribution in [0.4, 0.5) is 4.39 Å². The smallest absolute Gasteiger partial charge is 0.285 e. The van der Waals surface area contributed by atoms with Gasteiger partial charge in [-0.25, -0.2) is 9.07 Å². The minimum atomic E-state index is -0.602. The van der Waals surface area contributed by atoms with Crippen LogP contribution in [0.1, 0.15) is 33.3 Å². The van der Waals surface area contributed by atoms with Crippen LogP contribution in [0.3, 0.4) is 0 Å². The van der Waals surface area contributed by atoms with E-state index >= 15 is 0 Å². The molecule has 1 amide bonds. The molecule has 28 heavy (non-hydrogen) atoms. The number of hydrogen-bond donors (Lipinski definition) is 1. The molecular formula is C20H17FN4O2S. The van der Waals surface area contributed by atoms with E-state index in [4.69, 9.17) is 0 Å². The van der Waals surface area contributed by atoms with Crippen LogP contribution in [0.2, 0.25) is 0 Å². The first kappa shape index (κ1) is 19.5. The first-order valence-electron chi connectivity index (χ1n) is 8.47. The van der Waals surface area contributed by atoms with E-state index in [-0.39, 0.29) is 17.9 Å². The summed E-state index contributed by atoms with van der Waals surface area (Å²) in [5.41, 5.74) is 1.11. The second kappa shape index (κ2) is 8.15. The highest BCUT2D eigenvalue weighted by atomic mass is 32.1. The van der Waals surface area contributed by atoms with E-state index in [0.717, 1.165) is 15.1 Å². The van der Waals surface area contributed by atoms with Gasteiger partial charge in [0.05, 0.1) is 11.7 Å². The number of halogens is 1. The molecule has 0 fully saturated rings. The van der Waals surface area contributed by atoms with Gasteiger partial charge in [-0.05, 0) is 48.6 Å². The fraction of sp³-hybridized carbons (Fsp3) is 0.200. The van der Waals surface area contributed by atoms with Crippen LogP contribution in [0.5, 0.6) is 0 Å². The quantitative estimate of drug-likeness (QED) is 0.718. The molecule has 3 rings (SSSR count). The number of amides is 1. The summed E-state index contributed by atoms with van der Waals surface area (Å²) in [4.78, 5) is 25.9. The Morgan fingerprint density at radius 2 is 2.04 bits per heavy atom. The van der Waals surface area contributed by atoms with E-state index in [1.807, 2.05) is 23.6 Å². The van der Waals surface area contributed by atoms with Crippen molar-refractivity contribution >= 4 is 17.2 Å². The molecule has 0 spiro atoms. The monoisotopic (exact) mass is 396 g/mol. The fourth-order valence-electron chi connectivity index (χ4n) is 2.78. The molecule has 0 aliphatic heterocycles. The highest BCUT2D eigenvalue weighted by Gasteiger charge is 2.20. The highest BCUT2D eigenvalue weighted by Crippen LogP contribution is 2.26. The van der Waals surface area contributed by atoms with Crippen molar-refractivity contribution in [2.24, 2.45) is 0 Å². The molecule has 2 aromatic heterocycles. The Morgan fingerprint density at radius 3 is 2.64 bits per heavy atom. The zero-order chi connectivity index (χ0) is 20.3. The zero-order valence-electron chi connectivity index (χ0n) is 15.3. The van der Waals surface area contributed by atoms with Gasteiger partial charge in [0.1, 0.15) is 24.0 Å². The second-order valence-electron chi connectivity index (χ2n) is 6.23. The minimum Gasteiger partial charge on any atom is -0.343 e. The lowest BCUT2D eigenvalue weighted by atomic mass is 10.1. The molecule has 1 unspecified atom stereocenters. The number of carbonyl (C=O) groups is 1. The highest BCUT2D eigenvalue weighted by molar-refractivity contribution is 7.10. The Bertz CT molecular complexity index is 1100. The zero-order valence-corrected chi connectivity index (χ0v) is 16.1. The van der Waals surface area contributed by atoms with Gasteiger partial charge in [0.2, 0.25) is 5.91 Å². The maximum Gasteiger partial charge on any atom is 0.285 e. The van der Waals surface area contributed by atoms with Crippen LogP contribution >= 0.6 is 11.3 Å². The first-order chi connectivity index (χ1) is 13.4. The molecular weight excluding hydrogens is 379 g/mol. The van der Waals surface area contributed by atoms with Crippen molar-refractivity contribution in [3.05, 3.63) is 85.2 Å². The standard InChI is InChI=1S/C20H17FN4O2S/c1-12-13(2)24-25(20(27)16(12)10-22)11-18(26)23-19(17-4-3-9-28-17)14-5-7-15(21)8-6-14/h3-9,19H,11H2,1-2H3,(H,23,26). The maximum atomic E-state index is 13.3. The number of thiophene rings is 1. The maximum absolute atomic E-state index is 13.3. The summed E-state index contributed by atoms with van der Waals surface area (Å²) in [5.74, 6) is -0.806. The molecule has 6 nitrogen and oxygen atoms in total. The molecule has 142 valence electrons. The Balaban J connectivity index is 1.88. The van der Waals surface area contributed by atoms with E-state index in [0.29, 0.717) is 11.3 Å². The number of nitrogens with one attached hydrogen (secondary N) is 1. The van der Waals surface area contributed by atoms with Crippen LogP contribution < -0.4 is 10.9 Å². The molecule has 1 atom stereocenters. The predicted molar refractivity (Wildman–Crippen MR) is 103 cm³/mol. The summed E-state index contributed by atoms with van der Waals surface area (Å²) in [6, 6.07) is 11.0. The lowest BCUT2D eigenvalue weighted by Crippen LogP contribution is -2.37. The minimum absolute atomic E-state index is 0.0198. The third-order valence-corrected chi connectivity index (χ3v) is 5.32. The molecule has 0 saturated carbocycles. The van der Waals surface area contributed by atoms with E-state index < -0.39 is 17.5 Å². The van der Waals surface area contributed by atoms with Crippen molar-refractivity contribution in [1.29, 1.82) is 5.26 Å². The Kier molecular flexibility index (Phi) is 5.66. The molecule has 0 radical (unpaired) electrons. The normalized spacial score (nSPS) is 11.6. The van der Waals surface area contributed by atoms with Crippen molar-refractivity contribution < 1.29 is 9.18 Å². The molecule has 0 aliphatic carbocycles. The number of aryl methyl sites for hydroxylation is 1. The molecule has 8 heteroatoms. The van der Waals surface area contributed by atoms with Gasteiger partial charge in [0.25, 0.3) is 5.56 Å². The molecule has 1 N–H and O–H groups in total. The number of benzene rings is 1. The summed E-state index contributed by atoms with van der Waals surface area (Å²) < 4.78 is 14.3. The van der Waals surface area contributed by atoms with Crippen molar-refractivity contribution in [2.75, 3.05) is 0 Å². The van der Waals surface area contributed by atoms with Crippen LogP contribution in [0, 0.1) is 31.0 Å². The lowest BCUT2D eigenvalue weighted by molar-refractivity contribution is -0.122. The van der Waals surface area contributed by atoms with E-state index in [9.17, 15) is 19.2 Å². The fourth-order valence-corrected chi connectivity index (χ4v) is 3.59. The van der Waals surface area contributed by atoms with Crippen molar-refractivity contribution in [2.45, 2.75) is 26.4 Å². The van der Waals surface area contributed by atoms with Gasteiger partial charge in [-0.1, -0.05) is 18.2 Å². The van der Waals surface area contributed by atoms with Gasteiger partial charge in [-0.15, -0.1) is 11.3 Å². The number of nitriles is 1. The van der Waals surface area contributed by atoms with Gasteiger partial charge in [0.15, 0.2) is 0 Å². The van der Waals surface area contributed by atoms with Crippen molar-refractivity contribution in [1.82, 2.24) is 15.1 Å². The van der Waals surface area contributed by atoms with E-state index in [1.54, 1.807) is 26.0 Å². The third kappa shape index (κ3) is 4.00. The summed E-state index contributed by atoms with van der Waals surface area (Å²) in [6.07, 6.45) is 0. The largest absolute Gasteiger partial charge is 0.343 e. The van der Waals surface area contributed by atoms with E-state index in [1.165, 1.54) is 23.5 Å². The van der Waals surface area contributed by atoms with Crippen LogP contribution in [-0.4, -0.2) is 15.7 Å². The van der Waals surface area contributed by atoms with Gasteiger partial charge in [0, 0.05) is 4.88 Å². The molecule has 2 heterocycles. The van der Waals surface area contributed by atoms with Crippen molar-refractivity contribution in [3.63, 3.8) is 0 Å². The Hall–Kier alpha value is -3.31. The summed E-state index contributed by atoms with van der Waals surface area (Å²) in [7, 11) is 0. The lowest BCUT2D eigenvalue weighted by Gasteiger charge is -2.18. The summed E-state index contributed by atoms with van der Waals surface area (Å²) >= 11 is 1.46. The van der Waals surface area contributed by atoms with Gasteiger partial charge in [-0.3, -0.25) is 9.59 Å². The molecule has 0 aliphatic rings. The molecule has 1 aromatic carbocycles. The summed E-state index contributed by atoms with van der Waals surface area (Å²) in [5, 5.41) is 18.1. The second-order valence-corrected chi connectivity index (χ2v) is 7.21. The van der Waals surface area contributed by atoms with Crippen molar-refractivity contribution in [3.8, 4) is 6.07 Å². The number of hydrogen-bond acceptors (Lipinski definition) is 5. The van der Waals surface area contributed by atoms with Gasteiger partial charge in [-0.2, -0.15) is 10.4 Å². The van der Waals surface area contributed by atoms with Crippen LogP contribution in [-0.2, 0) is 11.3 Å². The SMILES string of the molecule is Cc1nn(CC(=O)NC(c2ccc(F)cc2)c2cccs2)c(=O)c(C#N)c1C. The molecule has 0 bridgehead atoms. The third-order valence-electron chi connectivity index (χ3n) is 4.38. The molecule has 3 aromatic rings. The Morgan fingerprint density at radius 1 is 1.32 bits per heavy atom. The number of aromatic nitrogens is 2. The molecule has 0 saturated heterocycles. The van der Waals surface area contributed by atoms with Gasteiger partial charge >= 0.3 is 0 Å². The average Bonchev–Trinajstić information content (AvgIpc) is 3.20. The van der Waals surface area contributed by atoms with Crippen LogP contribution in [0.15, 0.2) is 46.6 Å². The Labute approximate surface area is 164 Å². The van der Waals surface area contributed by atoms with Gasteiger partial charge < -0.3 is 5.32 Å². The number of rotatable bonds is 5. The first-order valence-corrected chi connectivity index (χ1v) is 9.35. The topological polar surface area (TPSA) is 87.8 Å². The average molecular weight is 396 g/mol. The number of carbonyl (C=O) groups excluding carboxylic acids is 1.